The number of ketones is 1. The zero-order valence-corrected chi connectivity index (χ0v) is 15.1. The Morgan fingerprint density at radius 3 is 3.04 bits per heavy atom. The number of ether oxygens (including phenoxy) is 1. The van der Waals surface area contributed by atoms with E-state index in [0.717, 1.165) is 25.5 Å². The smallest absolute Gasteiger partial charge is 0.206 e. The van der Waals surface area contributed by atoms with Gasteiger partial charge in [0.2, 0.25) is 5.13 Å². The number of Topliss-reactive ketones (excluding diaryl/α,β-unsaturated/α-hetero) is 1. The number of aromatic nitrogens is 2. The lowest BCUT2D eigenvalue weighted by molar-refractivity contribution is 0.0990. The molecule has 2 aromatic rings. The number of hydrogen-bond donors (Lipinski definition) is 1. The monoisotopic (exact) mass is 385 g/mol. The second kappa shape index (κ2) is 8.20. The lowest BCUT2D eigenvalue weighted by atomic mass is 10.1. The summed E-state index contributed by atoms with van der Waals surface area (Å²) in [6.07, 6.45) is 2.30. The first-order valence-electron chi connectivity index (χ1n) is 7.88. The molecule has 1 aromatic carbocycles. The largest absolute Gasteiger partial charge is 0.376 e. The van der Waals surface area contributed by atoms with Crippen molar-refractivity contribution in [1.29, 1.82) is 0 Å². The van der Waals surface area contributed by atoms with E-state index in [2.05, 4.69) is 15.5 Å². The number of carbonyl (C=O) groups is 1. The van der Waals surface area contributed by atoms with Gasteiger partial charge in [0.15, 0.2) is 10.1 Å². The maximum atomic E-state index is 13.7. The van der Waals surface area contributed by atoms with Gasteiger partial charge in [-0.2, -0.15) is 0 Å². The predicted molar refractivity (Wildman–Crippen MR) is 93.4 cm³/mol. The van der Waals surface area contributed by atoms with Crippen LogP contribution in [0.3, 0.4) is 0 Å². The Labute approximate surface area is 152 Å². The number of benzene rings is 1. The van der Waals surface area contributed by atoms with Crippen LogP contribution in [0.25, 0.3) is 0 Å². The third kappa shape index (κ3) is 4.74. The Hall–Kier alpha value is -1.58. The third-order valence-electron chi connectivity index (χ3n) is 3.75. The van der Waals surface area contributed by atoms with Gasteiger partial charge in [-0.05, 0) is 31.9 Å². The Balaban J connectivity index is 1.57. The molecule has 2 heterocycles. The van der Waals surface area contributed by atoms with Crippen LogP contribution in [0, 0.1) is 11.6 Å². The minimum Gasteiger partial charge on any atom is -0.376 e. The zero-order chi connectivity index (χ0) is 17.8. The van der Waals surface area contributed by atoms with E-state index < -0.39 is 22.7 Å². The minimum absolute atomic E-state index is 0.123. The molecule has 5 nitrogen and oxygen atoms in total. The highest BCUT2D eigenvalue weighted by Gasteiger charge is 2.22. The molecule has 1 fully saturated rings. The van der Waals surface area contributed by atoms with E-state index in [0.29, 0.717) is 22.1 Å². The number of nitrogens with zero attached hydrogens (tertiary/aromatic N) is 2. The molecule has 0 radical (unpaired) electrons. The van der Waals surface area contributed by atoms with Crippen molar-refractivity contribution in [2.75, 3.05) is 18.5 Å². The molecule has 1 N–H and O–H groups in total. The van der Waals surface area contributed by atoms with Crippen molar-refractivity contribution in [1.82, 2.24) is 10.2 Å². The Kier molecular flexibility index (Phi) is 5.98. The van der Waals surface area contributed by atoms with Crippen LogP contribution < -0.4 is 5.32 Å². The highest BCUT2D eigenvalue weighted by molar-refractivity contribution is 8.02. The van der Waals surface area contributed by atoms with Gasteiger partial charge in [0.1, 0.15) is 11.6 Å². The number of carbonyl (C=O) groups excluding carboxylic acids is 1. The van der Waals surface area contributed by atoms with E-state index in [1.807, 2.05) is 0 Å². The van der Waals surface area contributed by atoms with Crippen molar-refractivity contribution in [3.05, 3.63) is 35.4 Å². The summed E-state index contributed by atoms with van der Waals surface area (Å²) in [5.74, 6) is -1.97. The molecule has 1 aliphatic heterocycles. The van der Waals surface area contributed by atoms with Gasteiger partial charge in [-0.15, -0.1) is 10.2 Å². The van der Waals surface area contributed by atoms with Crippen molar-refractivity contribution >= 4 is 34.0 Å². The number of halogens is 2. The van der Waals surface area contributed by atoms with E-state index in [1.165, 1.54) is 29.2 Å². The van der Waals surface area contributed by atoms with Gasteiger partial charge in [-0.3, -0.25) is 4.79 Å². The Morgan fingerprint density at radius 2 is 2.32 bits per heavy atom. The van der Waals surface area contributed by atoms with E-state index >= 15 is 0 Å². The number of anilines is 1. The lowest BCUT2D eigenvalue weighted by Gasteiger charge is -2.09. The van der Waals surface area contributed by atoms with Gasteiger partial charge < -0.3 is 10.1 Å². The van der Waals surface area contributed by atoms with Crippen LogP contribution >= 0.6 is 23.1 Å². The average molecular weight is 385 g/mol. The fraction of sp³-hybridized carbons (Fsp3) is 0.438. The quantitative estimate of drug-likeness (QED) is 0.578. The van der Waals surface area contributed by atoms with Gasteiger partial charge in [0, 0.05) is 19.2 Å². The maximum absolute atomic E-state index is 13.7. The van der Waals surface area contributed by atoms with Gasteiger partial charge in [0.25, 0.3) is 0 Å². The second-order valence-electron chi connectivity index (χ2n) is 5.64. The fourth-order valence-electron chi connectivity index (χ4n) is 2.45. The molecular formula is C16H17F2N3O2S2. The first-order chi connectivity index (χ1) is 12.0. The molecule has 1 aromatic heterocycles. The summed E-state index contributed by atoms with van der Waals surface area (Å²) in [6.45, 7) is 3.13. The van der Waals surface area contributed by atoms with E-state index in [1.54, 1.807) is 6.92 Å². The Bertz CT molecular complexity index is 751. The summed E-state index contributed by atoms with van der Waals surface area (Å²) in [5.41, 5.74) is -0.123. The molecule has 134 valence electrons. The van der Waals surface area contributed by atoms with Crippen molar-refractivity contribution < 1.29 is 18.3 Å². The van der Waals surface area contributed by atoms with Crippen LogP contribution in [-0.2, 0) is 4.74 Å². The molecule has 9 heteroatoms. The van der Waals surface area contributed by atoms with Gasteiger partial charge in [-0.1, -0.05) is 23.1 Å². The van der Waals surface area contributed by atoms with Crippen molar-refractivity contribution in [2.45, 2.75) is 35.5 Å². The molecule has 1 aliphatic rings. The molecule has 25 heavy (non-hydrogen) atoms. The molecule has 0 amide bonds. The molecule has 1 saturated heterocycles. The topological polar surface area (TPSA) is 64.1 Å². The molecule has 0 bridgehead atoms. The van der Waals surface area contributed by atoms with Crippen LogP contribution in [0.5, 0.6) is 0 Å². The maximum Gasteiger partial charge on any atom is 0.206 e. The summed E-state index contributed by atoms with van der Waals surface area (Å²) in [5, 5.41) is 11.4. The standard InChI is InChI=1S/C16H17F2N3O2S2/c1-9(14(22)12-5-4-10(17)7-13(12)18)24-16-21-20-15(25-16)19-8-11-3-2-6-23-11/h4-5,7,9,11H,2-3,6,8H2,1H3,(H,19,20). The lowest BCUT2D eigenvalue weighted by Crippen LogP contribution is -2.18. The molecular weight excluding hydrogens is 368 g/mol. The van der Waals surface area contributed by atoms with Gasteiger partial charge in [-0.25, -0.2) is 8.78 Å². The van der Waals surface area contributed by atoms with Crippen LogP contribution in [0.2, 0.25) is 0 Å². The molecule has 3 rings (SSSR count). The van der Waals surface area contributed by atoms with Gasteiger partial charge in [0.05, 0.1) is 16.9 Å². The molecule has 2 atom stereocenters. The highest BCUT2D eigenvalue weighted by Crippen LogP contribution is 2.31. The number of nitrogens with one attached hydrogen (secondary N) is 1. The number of rotatable bonds is 7. The second-order valence-corrected chi connectivity index (χ2v) is 8.20. The normalized spacial score (nSPS) is 18.3. The van der Waals surface area contributed by atoms with E-state index in [-0.39, 0.29) is 11.7 Å². The van der Waals surface area contributed by atoms with Crippen LogP contribution in [0.15, 0.2) is 22.5 Å². The summed E-state index contributed by atoms with van der Waals surface area (Å²) in [7, 11) is 0. The first kappa shape index (κ1) is 18.2. The van der Waals surface area contributed by atoms with Gasteiger partial charge >= 0.3 is 0 Å². The fourth-order valence-corrected chi connectivity index (χ4v) is 4.42. The van der Waals surface area contributed by atoms with Crippen molar-refractivity contribution in [3.8, 4) is 0 Å². The summed E-state index contributed by atoms with van der Waals surface area (Å²) < 4.78 is 32.8. The van der Waals surface area contributed by atoms with Crippen LogP contribution in [0.4, 0.5) is 13.9 Å². The van der Waals surface area contributed by atoms with Crippen LogP contribution in [-0.4, -0.2) is 40.5 Å². The van der Waals surface area contributed by atoms with E-state index in [9.17, 15) is 13.6 Å². The minimum atomic E-state index is -0.853. The molecule has 0 aliphatic carbocycles. The molecule has 0 saturated carbocycles. The summed E-state index contributed by atoms with van der Waals surface area (Å²) >= 11 is 2.53. The summed E-state index contributed by atoms with van der Waals surface area (Å²) in [4.78, 5) is 12.3. The van der Waals surface area contributed by atoms with Crippen LogP contribution in [0.1, 0.15) is 30.1 Å². The number of hydrogen-bond acceptors (Lipinski definition) is 7. The first-order valence-corrected chi connectivity index (χ1v) is 9.57. The molecule has 0 spiro atoms. The van der Waals surface area contributed by atoms with Crippen molar-refractivity contribution in [2.24, 2.45) is 0 Å². The van der Waals surface area contributed by atoms with Crippen molar-refractivity contribution in [3.63, 3.8) is 0 Å². The SMILES string of the molecule is CC(Sc1nnc(NCC2CCCO2)s1)C(=O)c1ccc(F)cc1F. The Morgan fingerprint density at radius 1 is 1.48 bits per heavy atom. The molecule has 2 unspecified atom stereocenters. The van der Waals surface area contributed by atoms with E-state index in [4.69, 9.17) is 4.74 Å². The zero-order valence-electron chi connectivity index (χ0n) is 13.5. The highest BCUT2D eigenvalue weighted by atomic mass is 32.2. The number of thioether (sulfide) groups is 1. The predicted octanol–water partition coefficient (Wildman–Crippen LogP) is 3.77. The summed E-state index contributed by atoms with van der Waals surface area (Å²) in [6, 6.07) is 2.95. The third-order valence-corrected chi connectivity index (χ3v) is 5.82. The average Bonchev–Trinajstić information content (AvgIpc) is 3.24.